The maximum atomic E-state index is 14.7. The Morgan fingerprint density at radius 1 is 1.15 bits per heavy atom. The third kappa shape index (κ3) is 4.02. The first kappa shape index (κ1) is 21.6. The van der Waals surface area contributed by atoms with Crippen LogP contribution >= 0.6 is 0 Å². The number of nitrogens with zero attached hydrogens (tertiary/aromatic N) is 4. The first-order valence-corrected chi connectivity index (χ1v) is 11.5. The Balaban J connectivity index is 1.48. The Kier molecular flexibility index (Phi) is 5.44. The molecular weight excluding hydrogens is 419 g/mol. The molecule has 0 spiro atoms. The summed E-state index contributed by atoms with van der Waals surface area (Å²) in [4.78, 5) is 23.9. The number of aryl methyl sites for hydroxylation is 1. The second kappa shape index (κ2) is 8.30. The molecule has 6 nitrogen and oxygen atoms in total. The summed E-state index contributed by atoms with van der Waals surface area (Å²) in [6, 6.07) is 3.68. The normalized spacial score (nSPS) is 24.3. The Morgan fingerprint density at radius 3 is 2.73 bits per heavy atom. The molecule has 1 saturated heterocycles. The average molecular weight is 449 g/mol. The standard InChI is InChI=1S/C26H29FN4O2/c1-16-5-6-20-7-8-21(30-10-9-29(4)17(2)14-30)15-31(20)25(32)13-22(16)19-11-23(27)26-24(12-19)33-18(3)28-26/h6-8,11-13,15-17H,5,9-10,14H2,1-4H3. The monoisotopic (exact) mass is 448 g/mol. The number of halogens is 1. The van der Waals surface area contributed by atoms with Crippen LogP contribution in [0.4, 0.5) is 4.39 Å². The maximum absolute atomic E-state index is 14.7. The van der Waals surface area contributed by atoms with E-state index in [1.165, 1.54) is 6.07 Å². The van der Waals surface area contributed by atoms with E-state index in [1.54, 1.807) is 24.0 Å². The van der Waals surface area contributed by atoms with Gasteiger partial charge in [-0.25, -0.2) is 9.37 Å². The number of piperazine rings is 1. The van der Waals surface area contributed by atoms with Gasteiger partial charge in [-0.2, -0.15) is 0 Å². The number of aromatic nitrogens is 1. The minimum Gasteiger partial charge on any atom is -0.441 e. The predicted octanol–water partition coefficient (Wildman–Crippen LogP) is 4.46. The lowest BCUT2D eigenvalue weighted by atomic mass is 9.89. The van der Waals surface area contributed by atoms with E-state index in [2.05, 4.69) is 47.8 Å². The zero-order valence-corrected chi connectivity index (χ0v) is 19.5. The van der Waals surface area contributed by atoms with Gasteiger partial charge in [0.2, 0.25) is 0 Å². The number of hydrogen-bond donors (Lipinski definition) is 0. The second-order valence-corrected chi connectivity index (χ2v) is 9.27. The van der Waals surface area contributed by atoms with Crippen LogP contribution in [-0.2, 0) is 4.79 Å². The predicted molar refractivity (Wildman–Crippen MR) is 126 cm³/mol. The highest BCUT2D eigenvalue weighted by Gasteiger charge is 2.27. The van der Waals surface area contributed by atoms with Gasteiger partial charge in [0.15, 0.2) is 17.3 Å². The fraction of sp³-hybridized carbons (Fsp3) is 0.385. The first-order chi connectivity index (χ1) is 15.8. The van der Waals surface area contributed by atoms with Crippen LogP contribution < -0.4 is 0 Å². The minimum atomic E-state index is -0.439. The molecule has 1 amide bonds. The molecular formula is C26H29FN4O2. The van der Waals surface area contributed by atoms with Crippen LogP contribution in [0.15, 0.2) is 58.4 Å². The van der Waals surface area contributed by atoms with Crippen LogP contribution in [0.1, 0.15) is 31.7 Å². The summed E-state index contributed by atoms with van der Waals surface area (Å²) in [5, 5.41) is 0. The minimum absolute atomic E-state index is 0.0433. The molecule has 1 fully saturated rings. The molecule has 0 radical (unpaired) electrons. The fourth-order valence-corrected chi connectivity index (χ4v) is 4.73. The van der Waals surface area contributed by atoms with Crippen LogP contribution in [-0.4, -0.2) is 58.3 Å². The van der Waals surface area contributed by atoms with Gasteiger partial charge in [-0.1, -0.05) is 13.0 Å². The lowest BCUT2D eigenvalue weighted by Gasteiger charge is -2.40. The van der Waals surface area contributed by atoms with Gasteiger partial charge in [0.25, 0.3) is 5.91 Å². The number of hydrogen-bond acceptors (Lipinski definition) is 5. The first-order valence-electron chi connectivity index (χ1n) is 11.5. The van der Waals surface area contributed by atoms with E-state index in [1.807, 2.05) is 12.3 Å². The number of oxazole rings is 1. The fourth-order valence-electron chi connectivity index (χ4n) is 4.73. The van der Waals surface area contributed by atoms with E-state index in [0.29, 0.717) is 23.1 Å². The van der Waals surface area contributed by atoms with E-state index in [0.717, 1.165) is 43.0 Å². The van der Waals surface area contributed by atoms with Crippen molar-refractivity contribution in [2.75, 3.05) is 26.7 Å². The second-order valence-electron chi connectivity index (χ2n) is 9.27. The molecule has 7 heteroatoms. The van der Waals surface area contributed by atoms with Crippen molar-refractivity contribution >= 4 is 22.6 Å². The molecule has 5 rings (SSSR count). The summed E-state index contributed by atoms with van der Waals surface area (Å²) >= 11 is 0. The molecule has 1 aromatic heterocycles. The Morgan fingerprint density at radius 2 is 1.94 bits per heavy atom. The molecule has 0 aliphatic carbocycles. The zero-order valence-electron chi connectivity index (χ0n) is 19.5. The quantitative estimate of drug-likeness (QED) is 0.679. The number of amides is 1. The Labute approximate surface area is 193 Å². The summed E-state index contributed by atoms with van der Waals surface area (Å²) in [5.74, 6) is -0.117. The number of allylic oxidation sites excluding steroid dienone is 4. The SMILES string of the molecule is Cc1nc2c(F)cc(C3=CC(=O)N4C=C(N5CCN(C)C(C)C5)C=CC4=CCC3C)cc2o1. The number of carbonyl (C=O) groups is 1. The van der Waals surface area contributed by atoms with E-state index >= 15 is 0 Å². The van der Waals surface area contributed by atoms with Gasteiger partial charge >= 0.3 is 0 Å². The van der Waals surface area contributed by atoms with Crippen LogP contribution in [0.3, 0.4) is 0 Å². The smallest absolute Gasteiger partial charge is 0.255 e. The van der Waals surface area contributed by atoms with Crippen LogP contribution in [0.2, 0.25) is 0 Å². The Bertz CT molecular complexity index is 1240. The van der Waals surface area contributed by atoms with Gasteiger partial charge in [-0.15, -0.1) is 0 Å². The zero-order chi connectivity index (χ0) is 23.3. The highest BCUT2D eigenvalue weighted by atomic mass is 19.1. The van der Waals surface area contributed by atoms with Gasteiger partial charge in [0, 0.05) is 50.6 Å². The highest BCUT2D eigenvalue weighted by Crippen LogP contribution is 2.34. The van der Waals surface area contributed by atoms with Crippen LogP contribution in [0, 0.1) is 18.7 Å². The molecule has 0 bridgehead atoms. The highest BCUT2D eigenvalue weighted by molar-refractivity contribution is 5.98. The van der Waals surface area contributed by atoms with Gasteiger partial charge in [-0.05, 0) is 61.7 Å². The maximum Gasteiger partial charge on any atom is 0.255 e. The van der Waals surface area contributed by atoms with Crippen molar-refractivity contribution in [2.45, 2.75) is 33.2 Å². The third-order valence-corrected chi connectivity index (χ3v) is 6.91. The number of rotatable bonds is 2. The lowest BCUT2D eigenvalue weighted by molar-refractivity contribution is -0.122. The third-order valence-electron chi connectivity index (χ3n) is 6.91. The molecule has 2 unspecified atom stereocenters. The largest absolute Gasteiger partial charge is 0.441 e. The molecule has 0 saturated carbocycles. The van der Waals surface area contributed by atoms with Crippen LogP contribution in [0.25, 0.3) is 16.7 Å². The lowest BCUT2D eigenvalue weighted by Crippen LogP contribution is -2.49. The number of benzene rings is 1. The van der Waals surface area contributed by atoms with E-state index in [-0.39, 0.29) is 17.3 Å². The van der Waals surface area contributed by atoms with E-state index in [4.69, 9.17) is 4.42 Å². The number of carbonyl (C=O) groups excluding carboxylic acids is 1. The van der Waals surface area contributed by atoms with Gasteiger partial charge in [0.05, 0.1) is 5.70 Å². The summed E-state index contributed by atoms with van der Waals surface area (Å²) in [5.41, 5.74) is 3.98. The summed E-state index contributed by atoms with van der Waals surface area (Å²) in [6.07, 6.45) is 10.5. The molecule has 1 aromatic carbocycles. The summed E-state index contributed by atoms with van der Waals surface area (Å²) in [7, 11) is 2.14. The molecule has 33 heavy (non-hydrogen) atoms. The van der Waals surface area contributed by atoms with Crippen molar-refractivity contribution in [1.82, 2.24) is 19.7 Å². The summed E-state index contributed by atoms with van der Waals surface area (Å²) < 4.78 is 20.3. The molecule has 172 valence electrons. The van der Waals surface area contributed by atoms with Gasteiger partial charge < -0.3 is 14.2 Å². The molecule has 2 aromatic rings. The van der Waals surface area contributed by atoms with Crippen molar-refractivity contribution in [3.63, 3.8) is 0 Å². The van der Waals surface area contributed by atoms with Crippen molar-refractivity contribution in [3.05, 3.63) is 71.3 Å². The molecule has 2 atom stereocenters. The van der Waals surface area contributed by atoms with E-state index < -0.39 is 5.82 Å². The summed E-state index contributed by atoms with van der Waals surface area (Å²) in [6.45, 7) is 8.79. The van der Waals surface area contributed by atoms with Crippen molar-refractivity contribution in [1.29, 1.82) is 0 Å². The van der Waals surface area contributed by atoms with E-state index in [9.17, 15) is 9.18 Å². The van der Waals surface area contributed by atoms with Gasteiger partial charge in [-0.3, -0.25) is 9.69 Å². The van der Waals surface area contributed by atoms with Crippen molar-refractivity contribution in [3.8, 4) is 0 Å². The molecule has 3 aliphatic heterocycles. The van der Waals surface area contributed by atoms with Crippen molar-refractivity contribution < 1.29 is 13.6 Å². The average Bonchev–Trinajstić information content (AvgIpc) is 3.17. The van der Waals surface area contributed by atoms with Crippen LogP contribution in [0.5, 0.6) is 0 Å². The molecule has 3 aliphatic rings. The number of fused-ring (bicyclic) bond motifs is 2. The molecule has 4 heterocycles. The van der Waals surface area contributed by atoms with Gasteiger partial charge in [0.1, 0.15) is 5.52 Å². The topological polar surface area (TPSA) is 52.8 Å². The number of likely N-dealkylation sites (N-methyl/N-ethyl adjacent to an activating group) is 1. The molecule has 0 N–H and O–H groups in total. The Hall–Kier alpha value is -3.19. The van der Waals surface area contributed by atoms with Crippen molar-refractivity contribution in [2.24, 2.45) is 5.92 Å².